The quantitative estimate of drug-likeness (QED) is 0.489. The van der Waals surface area contributed by atoms with Crippen LogP contribution in [0.3, 0.4) is 0 Å². The Balaban J connectivity index is 1.68. The summed E-state index contributed by atoms with van der Waals surface area (Å²) in [6.07, 6.45) is 1.64. The molecular formula is C24H24FN3O2S. The normalized spacial score (nSPS) is 10.5. The number of hydrogen-bond acceptors (Lipinski definition) is 4. The number of hydrogen-bond donors (Lipinski definition) is 1. The molecule has 7 heteroatoms. The van der Waals surface area contributed by atoms with Gasteiger partial charge in [0.25, 0.3) is 11.8 Å². The summed E-state index contributed by atoms with van der Waals surface area (Å²) in [5.41, 5.74) is 2.58. The third-order valence-electron chi connectivity index (χ3n) is 4.74. The van der Waals surface area contributed by atoms with Gasteiger partial charge in [0.15, 0.2) is 0 Å². The summed E-state index contributed by atoms with van der Waals surface area (Å²) in [5, 5.41) is 3.46. The molecule has 0 radical (unpaired) electrons. The number of nitrogens with one attached hydrogen (secondary N) is 1. The Morgan fingerprint density at radius 3 is 2.32 bits per heavy atom. The molecule has 3 rings (SSSR count). The molecule has 1 N–H and O–H groups in total. The van der Waals surface area contributed by atoms with Gasteiger partial charge >= 0.3 is 0 Å². The first-order valence-electron chi connectivity index (χ1n) is 10.0. The highest BCUT2D eigenvalue weighted by atomic mass is 32.2. The lowest BCUT2D eigenvalue weighted by molar-refractivity contribution is 0.0773. The molecule has 0 saturated carbocycles. The Labute approximate surface area is 185 Å². The summed E-state index contributed by atoms with van der Waals surface area (Å²) in [5.74, 6) is -0.0247. The molecule has 5 nitrogen and oxygen atoms in total. The molecule has 1 heterocycles. The Bertz CT molecular complexity index is 1040. The third-order valence-corrected chi connectivity index (χ3v) is 5.82. The van der Waals surface area contributed by atoms with Crippen LogP contribution in [0, 0.1) is 5.82 Å². The van der Waals surface area contributed by atoms with Crippen LogP contribution in [0.25, 0.3) is 0 Å². The number of pyridine rings is 1. The fourth-order valence-electron chi connectivity index (χ4n) is 3.00. The Hall–Kier alpha value is -3.19. The lowest BCUT2D eigenvalue weighted by Crippen LogP contribution is -2.30. The minimum absolute atomic E-state index is 0.0328. The fraction of sp³-hybridized carbons (Fsp3) is 0.208. The van der Waals surface area contributed by atoms with Crippen LogP contribution in [0.1, 0.15) is 40.1 Å². The molecule has 2 amide bonds. The minimum Gasteiger partial charge on any atom is -0.339 e. The summed E-state index contributed by atoms with van der Waals surface area (Å²) >= 11 is 1.41. The second-order valence-corrected chi connectivity index (χ2v) is 7.74. The number of aromatic nitrogens is 1. The van der Waals surface area contributed by atoms with Crippen LogP contribution in [0.5, 0.6) is 0 Å². The number of benzene rings is 2. The maximum Gasteiger partial charge on any atom is 0.258 e. The largest absolute Gasteiger partial charge is 0.339 e. The number of halogens is 1. The number of carbonyl (C=O) groups excluding carboxylic acids is 2. The van der Waals surface area contributed by atoms with Crippen LogP contribution in [0.2, 0.25) is 0 Å². The molecule has 0 aliphatic rings. The van der Waals surface area contributed by atoms with Crippen LogP contribution in [0.15, 0.2) is 71.9 Å². The molecule has 0 bridgehead atoms. The molecule has 0 spiro atoms. The highest BCUT2D eigenvalue weighted by Crippen LogP contribution is 2.25. The maximum atomic E-state index is 13.1. The summed E-state index contributed by atoms with van der Waals surface area (Å²) < 4.78 is 13.1. The Kier molecular flexibility index (Phi) is 7.78. The van der Waals surface area contributed by atoms with E-state index in [4.69, 9.17) is 0 Å². The second-order valence-electron chi connectivity index (χ2n) is 6.78. The first-order chi connectivity index (χ1) is 15.0. The average molecular weight is 438 g/mol. The van der Waals surface area contributed by atoms with Gasteiger partial charge in [-0.3, -0.25) is 9.59 Å². The van der Waals surface area contributed by atoms with E-state index in [1.54, 1.807) is 59.6 Å². The van der Waals surface area contributed by atoms with Crippen LogP contribution >= 0.6 is 11.8 Å². The van der Waals surface area contributed by atoms with Crippen molar-refractivity contribution in [2.45, 2.75) is 24.6 Å². The molecule has 0 fully saturated rings. The summed E-state index contributed by atoms with van der Waals surface area (Å²) in [6, 6.07) is 16.5. The van der Waals surface area contributed by atoms with Crippen LogP contribution in [-0.4, -0.2) is 34.8 Å². The van der Waals surface area contributed by atoms with E-state index in [1.807, 2.05) is 13.8 Å². The van der Waals surface area contributed by atoms with E-state index in [-0.39, 0.29) is 17.6 Å². The highest BCUT2D eigenvalue weighted by Gasteiger charge is 2.15. The zero-order valence-corrected chi connectivity index (χ0v) is 18.3. The molecule has 160 valence electrons. The van der Waals surface area contributed by atoms with Gasteiger partial charge in [0.2, 0.25) is 0 Å². The van der Waals surface area contributed by atoms with Gasteiger partial charge in [0, 0.05) is 36.3 Å². The van der Waals surface area contributed by atoms with Crippen molar-refractivity contribution in [3.05, 3.63) is 89.4 Å². The van der Waals surface area contributed by atoms with Gasteiger partial charge in [-0.2, -0.15) is 0 Å². The molecular weight excluding hydrogens is 413 g/mol. The Morgan fingerprint density at radius 1 is 1.00 bits per heavy atom. The minimum atomic E-state index is -0.281. The van der Waals surface area contributed by atoms with E-state index < -0.39 is 0 Å². The predicted octanol–water partition coefficient (Wildman–Crippen LogP) is 5.25. The monoisotopic (exact) mass is 437 g/mol. The molecule has 1 aromatic heterocycles. The molecule has 0 atom stereocenters. The SMILES string of the molecule is CCN(CC)C(=O)c1ccc(NC(=O)c2cccnc2SCc2ccc(F)cc2)cc1. The molecule has 3 aromatic rings. The van der Waals surface area contributed by atoms with Crippen LogP contribution < -0.4 is 5.32 Å². The van der Waals surface area contributed by atoms with Crippen molar-refractivity contribution >= 4 is 29.3 Å². The number of rotatable bonds is 8. The van der Waals surface area contributed by atoms with Gasteiger partial charge in [-0.1, -0.05) is 12.1 Å². The fourth-order valence-corrected chi connectivity index (χ4v) is 3.95. The van der Waals surface area contributed by atoms with E-state index in [9.17, 15) is 14.0 Å². The first kappa shape index (κ1) is 22.5. The van der Waals surface area contributed by atoms with Crippen molar-refractivity contribution in [3.8, 4) is 0 Å². The zero-order chi connectivity index (χ0) is 22.2. The molecule has 2 aromatic carbocycles. The average Bonchev–Trinajstić information content (AvgIpc) is 2.80. The van der Waals surface area contributed by atoms with E-state index in [0.717, 1.165) is 5.56 Å². The molecule has 0 saturated heterocycles. The smallest absolute Gasteiger partial charge is 0.258 e. The molecule has 31 heavy (non-hydrogen) atoms. The van der Waals surface area contributed by atoms with Crippen molar-refractivity contribution in [1.82, 2.24) is 9.88 Å². The van der Waals surface area contributed by atoms with Crippen LogP contribution in [-0.2, 0) is 5.75 Å². The molecule has 0 aliphatic heterocycles. The topological polar surface area (TPSA) is 62.3 Å². The van der Waals surface area contributed by atoms with E-state index in [0.29, 0.717) is 40.7 Å². The number of thioether (sulfide) groups is 1. The van der Waals surface area contributed by atoms with Crippen molar-refractivity contribution in [1.29, 1.82) is 0 Å². The van der Waals surface area contributed by atoms with Crippen molar-refractivity contribution in [2.75, 3.05) is 18.4 Å². The van der Waals surface area contributed by atoms with Gasteiger partial charge in [0.05, 0.1) is 5.56 Å². The number of nitrogens with zero attached hydrogens (tertiary/aromatic N) is 2. The lowest BCUT2D eigenvalue weighted by atomic mass is 10.1. The number of anilines is 1. The number of amides is 2. The van der Waals surface area contributed by atoms with Gasteiger partial charge < -0.3 is 10.2 Å². The van der Waals surface area contributed by atoms with E-state index >= 15 is 0 Å². The van der Waals surface area contributed by atoms with Crippen LogP contribution in [0.4, 0.5) is 10.1 Å². The molecule has 0 aliphatic carbocycles. The van der Waals surface area contributed by atoms with E-state index in [2.05, 4.69) is 10.3 Å². The van der Waals surface area contributed by atoms with Gasteiger partial charge in [0.1, 0.15) is 10.8 Å². The Morgan fingerprint density at radius 2 is 1.68 bits per heavy atom. The highest BCUT2D eigenvalue weighted by molar-refractivity contribution is 7.98. The summed E-state index contributed by atoms with van der Waals surface area (Å²) in [7, 11) is 0. The summed E-state index contributed by atoms with van der Waals surface area (Å²) in [6.45, 7) is 5.17. The zero-order valence-electron chi connectivity index (χ0n) is 17.5. The van der Waals surface area contributed by atoms with E-state index in [1.165, 1.54) is 23.9 Å². The van der Waals surface area contributed by atoms with Crippen molar-refractivity contribution in [3.63, 3.8) is 0 Å². The van der Waals surface area contributed by atoms with Crippen molar-refractivity contribution < 1.29 is 14.0 Å². The van der Waals surface area contributed by atoms with Gasteiger partial charge in [-0.05, 0) is 67.9 Å². The standard InChI is InChI=1S/C24H24FN3O2S/c1-3-28(4-2)24(30)18-9-13-20(14-10-18)27-22(29)21-6-5-15-26-23(21)31-16-17-7-11-19(25)12-8-17/h5-15H,3-4,16H2,1-2H3,(H,27,29). The van der Waals surface area contributed by atoms with Gasteiger partial charge in [-0.15, -0.1) is 11.8 Å². The second kappa shape index (κ2) is 10.7. The van der Waals surface area contributed by atoms with Gasteiger partial charge in [-0.25, -0.2) is 9.37 Å². The molecule has 0 unspecified atom stereocenters. The predicted molar refractivity (Wildman–Crippen MR) is 122 cm³/mol. The lowest BCUT2D eigenvalue weighted by Gasteiger charge is -2.18. The maximum absolute atomic E-state index is 13.1. The summed E-state index contributed by atoms with van der Waals surface area (Å²) in [4.78, 5) is 31.3. The third kappa shape index (κ3) is 5.92. The number of carbonyl (C=O) groups is 2. The van der Waals surface area contributed by atoms with Crippen molar-refractivity contribution in [2.24, 2.45) is 0 Å². The first-order valence-corrected chi connectivity index (χ1v) is 11.0.